The van der Waals surface area contributed by atoms with Gasteiger partial charge in [-0.25, -0.2) is 0 Å². The van der Waals surface area contributed by atoms with Crippen LogP contribution in [0.4, 0.5) is 17.5 Å². The molecule has 22 heavy (non-hydrogen) atoms. The summed E-state index contributed by atoms with van der Waals surface area (Å²) in [4.78, 5) is 4.37. The van der Waals surface area contributed by atoms with E-state index in [4.69, 9.17) is 4.42 Å². The van der Waals surface area contributed by atoms with Crippen LogP contribution in [0.5, 0.6) is 0 Å². The predicted octanol–water partition coefficient (Wildman–Crippen LogP) is 3.89. The maximum Gasteiger partial charge on any atom is 0.245 e. The lowest BCUT2D eigenvalue weighted by Gasteiger charge is -2.09. The SMILES string of the molecule is Cc1ccc(Nc2cnnc(NCc3ccco3)n2)c(Br)c1. The highest BCUT2D eigenvalue weighted by Gasteiger charge is 2.05. The van der Waals surface area contributed by atoms with Gasteiger partial charge in [0.05, 0.1) is 24.7 Å². The summed E-state index contributed by atoms with van der Waals surface area (Å²) in [5, 5.41) is 14.2. The van der Waals surface area contributed by atoms with Crippen molar-refractivity contribution in [2.45, 2.75) is 13.5 Å². The van der Waals surface area contributed by atoms with Gasteiger partial charge in [0.2, 0.25) is 5.95 Å². The van der Waals surface area contributed by atoms with Crippen molar-refractivity contribution in [3.05, 3.63) is 58.6 Å². The van der Waals surface area contributed by atoms with Gasteiger partial charge in [-0.1, -0.05) is 6.07 Å². The number of nitrogens with one attached hydrogen (secondary N) is 2. The number of benzene rings is 1. The molecule has 0 amide bonds. The molecule has 0 unspecified atom stereocenters. The van der Waals surface area contributed by atoms with Crippen LogP contribution < -0.4 is 10.6 Å². The first kappa shape index (κ1) is 14.5. The predicted molar refractivity (Wildman–Crippen MR) is 88.0 cm³/mol. The standard InChI is InChI=1S/C15H14BrN5O/c1-10-4-5-13(12(16)7-10)19-14-9-18-21-15(20-14)17-8-11-3-2-6-22-11/h2-7,9H,8H2,1H3,(H2,17,19,20,21). The lowest BCUT2D eigenvalue weighted by molar-refractivity contribution is 0.517. The Morgan fingerprint density at radius 2 is 2.18 bits per heavy atom. The molecule has 6 nitrogen and oxygen atoms in total. The van der Waals surface area contributed by atoms with Crippen LogP contribution in [0, 0.1) is 6.92 Å². The topological polar surface area (TPSA) is 75.9 Å². The number of hydrogen-bond donors (Lipinski definition) is 2. The van der Waals surface area contributed by atoms with E-state index in [0.717, 1.165) is 15.9 Å². The molecule has 0 saturated carbocycles. The molecule has 1 aromatic carbocycles. The molecule has 3 aromatic rings. The molecule has 0 atom stereocenters. The minimum Gasteiger partial charge on any atom is -0.467 e. The Morgan fingerprint density at radius 3 is 2.95 bits per heavy atom. The Morgan fingerprint density at radius 1 is 1.27 bits per heavy atom. The number of aromatic nitrogens is 3. The summed E-state index contributed by atoms with van der Waals surface area (Å²) >= 11 is 3.53. The molecule has 2 N–H and O–H groups in total. The molecule has 112 valence electrons. The number of rotatable bonds is 5. The second-order valence-electron chi connectivity index (χ2n) is 4.71. The minimum atomic E-state index is 0.435. The number of anilines is 3. The fourth-order valence-electron chi connectivity index (χ4n) is 1.88. The van der Waals surface area contributed by atoms with Crippen molar-refractivity contribution >= 4 is 33.4 Å². The lowest BCUT2D eigenvalue weighted by atomic mass is 10.2. The zero-order valence-corrected chi connectivity index (χ0v) is 13.5. The maximum absolute atomic E-state index is 5.25. The van der Waals surface area contributed by atoms with Crippen LogP contribution in [0.3, 0.4) is 0 Å². The summed E-state index contributed by atoms with van der Waals surface area (Å²) in [5.41, 5.74) is 2.10. The highest BCUT2D eigenvalue weighted by atomic mass is 79.9. The second-order valence-corrected chi connectivity index (χ2v) is 5.56. The van der Waals surface area contributed by atoms with Gasteiger partial charge in [-0.2, -0.15) is 10.1 Å². The van der Waals surface area contributed by atoms with Crippen LogP contribution in [0.25, 0.3) is 0 Å². The first-order valence-corrected chi connectivity index (χ1v) is 7.49. The van der Waals surface area contributed by atoms with Crippen molar-refractivity contribution in [2.75, 3.05) is 10.6 Å². The Balaban J connectivity index is 1.70. The van der Waals surface area contributed by atoms with Crippen LogP contribution in [-0.4, -0.2) is 15.2 Å². The highest BCUT2D eigenvalue weighted by Crippen LogP contribution is 2.25. The van der Waals surface area contributed by atoms with Gasteiger partial charge in [0.15, 0.2) is 5.82 Å². The number of nitrogens with zero attached hydrogens (tertiary/aromatic N) is 3. The average molecular weight is 360 g/mol. The summed E-state index contributed by atoms with van der Waals surface area (Å²) in [6, 6.07) is 9.76. The molecule has 0 spiro atoms. The molecule has 0 aliphatic rings. The van der Waals surface area contributed by atoms with Gasteiger partial charge < -0.3 is 15.1 Å². The minimum absolute atomic E-state index is 0.435. The summed E-state index contributed by atoms with van der Waals surface area (Å²) in [6.07, 6.45) is 3.20. The van der Waals surface area contributed by atoms with E-state index in [2.05, 4.69) is 41.7 Å². The molecule has 0 bridgehead atoms. The molecule has 0 saturated heterocycles. The molecule has 2 aromatic heterocycles. The van der Waals surface area contributed by atoms with Crippen LogP contribution >= 0.6 is 15.9 Å². The van der Waals surface area contributed by atoms with Gasteiger partial charge in [0, 0.05) is 4.47 Å². The number of hydrogen-bond acceptors (Lipinski definition) is 6. The summed E-state index contributed by atoms with van der Waals surface area (Å²) in [6.45, 7) is 2.55. The van der Waals surface area contributed by atoms with Crippen LogP contribution in [0.2, 0.25) is 0 Å². The Kier molecular flexibility index (Phi) is 4.34. The molecular weight excluding hydrogens is 346 g/mol. The average Bonchev–Trinajstić information content (AvgIpc) is 3.02. The van der Waals surface area contributed by atoms with Crippen molar-refractivity contribution in [3.8, 4) is 0 Å². The fourth-order valence-corrected chi connectivity index (χ4v) is 2.47. The lowest BCUT2D eigenvalue weighted by Crippen LogP contribution is -2.06. The van der Waals surface area contributed by atoms with Crippen molar-refractivity contribution in [1.82, 2.24) is 15.2 Å². The van der Waals surface area contributed by atoms with Gasteiger partial charge in [0.1, 0.15) is 5.76 Å². The fraction of sp³-hybridized carbons (Fsp3) is 0.133. The summed E-state index contributed by atoms with van der Waals surface area (Å²) in [5.74, 6) is 1.86. The third-order valence-corrected chi connectivity index (χ3v) is 3.60. The molecule has 2 heterocycles. The Labute approximate surface area is 136 Å². The van der Waals surface area contributed by atoms with Crippen molar-refractivity contribution in [2.24, 2.45) is 0 Å². The molecule has 0 fully saturated rings. The largest absolute Gasteiger partial charge is 0.467 e. The van der Waals surface area contributed by atoms with E-state index in [-0.39, 0.29) is 0 Å². The van der Waals surface area contributed by atoms with E-state index < -0.39 is 0 Å². The monoisotopic (exact) mass is 359 g/mol. The Bertz CT molecular complexity index is 760. The van der Waals surface area contributed by atoms with Crippen LogP contribution in [0.15, 0.2) is 51.7 Å². The van der Waals surface area contributed by atoms with E-state index in [1.54, 1.807) is 12.5 Å². The van der Waals surface area contributed by atoms with Gasteiger partial charge >= 0.3 is 0 Å². The second kappa shape index (κ2) is 6.57. The summed E-state index contributed by atoms with van der Waals surface area (Å²) < 4.78 is 6.22. The molecule has 0 aliphatic carbocycles. The van der Waals surface area contributed by atoms with Gasteiger partial charge in [-0.05, 0) is 52.7 Å². The molecule has 7 heteroatoms. The van der Waals surface area contributed by atoms with Crippen molar-refractivity contribution in [3.63, 3.8) is 0 Å². The van der Waals surface area contributed by atoms with Crippen molar-refractivity contribution in [1.29, 1.82) is 0 Å². The van der Waals surface area contributed by atoms with Gasteiger partial charge in [0.25, 0.3) is 0 Å². The first-order valence-electron chi connectivity index (χ1n) is 6.70. The van der Waals surface area contributed by atoms with Crippen LogP contribution in [-0.2, 0) is 6.54 Å². The van der Waals surface area contributed by atoms with E-state index in [9.17, 15) is 0 Å². The van der Waals surface area contributed by atoms with Crippen LogP contribution in [0.1, 0.15) is 11.3 Å². The first-order chi connectivity index (χ1) is 10.7. The van der Waals surface area contributed by atoms with E-state index in [1.165, 1.54) is 5.56 Å². The zero-order valence-electron chi connectivity index (χ0n) is 11.9. The highest BCUT2D eigenvalue weighted by molar-refractivity contribution is 9.10. The quantitative estimate of drug-likeness (QED) is 0.719. The Hall–Kier alpha value is -2.41. The number of halogens is 1. The smallest absolute Gasteiger partial charge is 0.245 e. The number of furan rings is 1. The molecule has 0 radical (unpaired) electrons. The zero-order chi connectivity index (χ0) is 15.4. The third kappa shape index (κ3) is 3.62. The molecule has 3 rings (SSSR count). The third-order valence-electron chi connectivity index (χ3n) is 2.95. The molecule has 0 aliphatic heterocycles. The maximum atomic E-state index is 5.25. The molecular formula is C15H14BrN5O. The van der Waals surface area contributed by atoms with Gasteiger partial charge in [-0.3, -0.25) is 0 Å². The number of aryl methyl sites for hydroxylation is 1. The van der Waals surface area contributed by atoms with Gasteiger partial charge in [-0.15, -0.1) is 5.10 Å². The normalized spacial score (nSPS) is 10.5. The van der Waals surface area contributed by atoms with E-state index in [1.807, 2.05) is 37.3 Å². The van der Waals surface area contributed by atoms with E-state index >= 15 is 0 Å². The summed E-state index contributed by atoms with van der Waals surface area (Å²) in [7, 11) is 0. The van der Waals surface area contributed by atoms with Crippen molar-refractivity contribution < 1.29 is 4.42 Å². The van der Waals surface area contributed by atoms with E-state index in [0.29, 0.717) is 18.3 Å².